The number of nitrogens with one attached hydrogen (secondary N) is 1. The first kappa shape index (κ1) is 13.3. The Balaban J connectivity index is 2.12. The summed E-state index contributed by atoms with van der Waals surface area (Å²) in [7, 11) is 1.57. The van der Waals surface area contributed by atoms with Crippen molar-refractivity contribution in [2.45, 2.75) is 6.42 Å². The Morgan fingerprint density at radius 2 is 2.26 bits per heavy atom. The van der Waals surface area contributed by atoms with E-state index in [-0.39, 0.29) is 18.9 Å². The molecule has 0 aliphatic rings. The van der Waals surface area contributed by atoms with Crippen LogP contribution in [0.3, 0.4) is 0 Å². The number of methoxy groups -OCH3 is 1. The number of hydrogen-bond acceptors (Lipinski definition) is 5. The van der Waals surface area contributed by atoms with Gasteiger partial charge in [-0.15, -0.1) is 11.3 Å². The molecule has 0 unspecified atom stereocenters. The number of carbonyl (C=O) groups is 2. The van der Waals surface area contributed by atoms with E-state index in [9.17, 15) is 9.59 Å². The number of fused-ring (bicyclic) bond motifs is 1. The Kier molecular flexibility index (Phi) is 3.96. The number of aromatic nitrogens is 1. The van der Waals surface area contributed by atoms with Gasteiger partial charge >= 0.3 is 5.97 Å². The fourth-order valence-electron chi connectivity index (χ4n) is 1.49. The van der Waals surface area contributed by atoms with Crippen LogP contribution in [0.5, 0.6) is 5.75 Å². The second kappa shape index (κ2) is 5.66. The van der Waals surface area contributed by atoms with Gasteiger partial charge in [0.25, 0.3) is 5.91 Å². The average molecular weight is 280 g/mol. The number of carboxylic acid groups (broad SMARTS) is 1. The molecule has 0 radical (unpaired) electrons. The molecule has 2 N–H and O–H groups in total. The van der Waals surface area contributed by atoms with Crippen LogP contribution in [0.15, 0.2) is 18.2 Å². The molecule has 1 aromatic carbocycles. The molecule has 0 bridgehead atoms. The lowest BCUT2D eigenvalue weighted by Crippen LogP contribution is -2.25. The quantitative estimate of drug-likeness (QED) is 0.866. The topological polar surface area (TPSA) is 88.5 Å². The highest BCUT2D eigenvalue weighted by Gasteiger charge is 2.12. The van der Waals surface area contributed by atoms with Crippen molar-refractivity contribution in [1.82, 2.24) is 10.3 Å². The van der Waals surface area contributed by atoms with Gasteiger partial charge in [0.15, 0.2) is 5.01 Å². The molecule has 0 saturated heterocycles. The molecular weight excluding hydrogens is 268 g/mol. The van der Waals surface area contributed by atoms with Crippen molar-refractivity contribution < 1.29 is 19.4 Å². The van der Waals surface area contributed by atoms with Gasteiger partial charge < -0.3 is 15.2 Å². The highest BCUT2D eigenvalue weighted by Crippen LogP contribution is 2.26. The highest BCUT2D eigenvalue weighted by atomic mass is 32.1. The zero-order valence-corrected chi connectivity index (χ0v) is 11.0. The second-order valence-corrected chi connectivity index (χ2v) is 4.78. The summed E-state index contributed by atoms with van der Waals surface area (Å²) >= 11 is 1.24. The van der Waals surface area contributed by atoms with Crippen LogP contribution in [0.2, 0.25) is 0 Å². The maximum Gasteiger partial charge on any atom is 0.305 e. The zero-order chi connectivity index (χ0) is 13.8. The Labute approximate surface area is 113 Å². The van der Waals surface area contributed by atoms with Crippen LogP contribution < -0.4 is 10.1 Å². The lowest BCUT2D eigenvalue weighted by molar-refractivity contribution is -0.136. The van der Waals surface area contributed by atoms with E-state index in [0.29, 0.717) is 16.3 Å². The maximum absolute atomic E-state index is 11.8. The highest BCUT2D eigenvalue weighted by molar-refractivity contribution is 7.20. The Morgan fingerprint density at radius 1 is 1.47 bits per heavy atom. The van der Waals surface area contributed by atoms with E-state index >= 15 is 0 Å². The predicted molar refractivity (Wildman–Crippen MR) is 70.8 cm³/mol. The maximum atomic E-state index is 11.8. The minimum atomic E-state index is -0.950. The van der Waals surface area contributed by atoms with Crippen molar-refractivity contribution in [3.05, 3.63) is 23.2 Å². The van der Waals surface area contributed by atoms with E-state index in [2.05, 4.69) is 10.3 Å². The molecule has 19 heavy (non-hydrogen) atoms. The number of rotatable bonds is 5. The summed E-state index contributed by atoms with van der Waals surface area (Å²) in [6, 6.07) is 5.36. The lowest BCUT2D eigenvalue weighted by atomic mass is 10.3. The van der Waals surface area contributed by atoms with Gasteiger partial charge in [0.2, 0.25) is 0 Å². The lowest BCUT2D eigenvalue weighted by Gasteiger charge is -1.98. The zero-order valence-electron chi connectivity index (χ0n) is 10.2. The van der Waals surface area contributed by atoms with Gasteiger partial charge in [-0.05, 0) is 18.2 Å². The molecule has 0 fully saturated rings. The molecule has 1 aromatic heterocycles. The van der Waals surface area contributed by atoms with Gasteiger partial charge in [0.1, 0.15) is 5.75 Å². The molecule has 0 atom stereocenters. The van der Waals surface area contributed by atoms with Crippen LogP contribution in [0.4, 0.5) is 0 Å². The molecule has 0 aliphatic carbocycles. The third kappa shape index (κ3) is 3.19. The molecule has 6 nitrogen and oxygen atoms in total. The van der Waals surface area contributed by atoms with Gasteiger partial charge in [0, 0.05) is 6.54 Å². The minimum absolute atomic E-state index is 0.0907. The van der Waals surface area contributed by atoms with Gasteiger partial charge in [-0.2, -0.15) is 0 Å². The van der Waals surface area contributed by atoms with Crippen LogP contribution >= 0.6 is 11.3 Å². The molecule has 0 spiro atoms. The van der Waals surface area contributed by atoms with Crippen molar-refractivity contribution in [3.63, 3.8) is 0 Å². The number of carbonyl (C=O) groups excluding carboxylic acids is 1. The smallest absolute Gasteiger partial charge is 0.305 e. The number of benzene rings is 1. The standard InChI is InChI=1S/C12H12N2O4S/c1-18-7-2-3-8-9(6-7)19-12(14-8)11(17)13-5-4-10(15)16/h2-3,6H,4-5H2,1H3,(H,13,17)(H,15,16). The molecule has 100 valence electrons. The molecule has 7 heteroatoms. The average Bonchev–Trinajstić information content (AvgIpc) is 2.80. The summed E-state index contributed by atoms with van der Waals surface area (Å²) in [4.78, 5) is 26.3. The van der Waals surface area contributed by atoms with Gasteiger partial charge in [-0.25, -0.2) is 4.98 Å². The Hall–Kier alpha value is -2.15. The molecular formula is C12H12N2O4S. The number of aliphatic carboxylic acids is 1. The summed E-state index contributed by atoms with van der Waals surface area (Å²) in [6.07, 6.45) is -0.107. The largest absolute Gasteiger partial charge is 0.497 e. The minimum Gasteiger partial charge on any atom is -0.497 e. The van der Waals surface area contributed by atoms with E-state index in [4.69, 9.17) is 9.84 Å². The van der Waals surface area contributed by atoms with Gasteiger partial charge in [0.05, 0.1) is 23.7 Å². The van der Waals surface area contributed by atoms with E-state index in [1.165, 1.54) is 11.3 Å². The van der Waals surface area contributed by atoms with E-state index in [0.717, 1.165) is 4.70 Å². The Bertz CT molecular complexity index is 623. The third-order valence-electron chi connectivity index (χ3n) is 2.41. The van der Waals surface area contributed by atoms with Crippen LogP contribution in [-0.2, 0) is 4.79 Å². The van der Waals surface area contributed by atoms with Crippen molar-refractivity contribution in [2.24, 2.45) is 0 Å². The van der Waals surface area contributed by atoms with Crippen molar-refractivity contribution in [3.8, 4) is 5.75 Å². The molecule has 0 aliphatic heterocycles. The number of ether oxygens (including phenoxy) is 1. The predicted octanol–water partition coefficient (Wildman–Crippen LogP) is 1.51. The number of amides is 1. The fourth-order valence-corrected chi connectivity index (χ4v) is 2.40. The van der Waals surface area contributed by atoms with Crippen LogP contribution in [0, 0.1) is 0 Å². The van der Waals surface area contributed by atoms with Gasteiger partial charge in [-0.3, -0.25) is 9.59 Å². The Morgan fingerprint density at radius 3 is 2.95 bits per heavy atom. The summed E-state index contributed by atoms with van der Waals surface area (Å²) in [5.74, 6) is -0.607. The van der Waals surface area contributed by atoms with E-state index in [1.54, 1.807) is 25.3 Å². The number of carboxylic acids is 1. The molecule has 1 heterocycles. The third-order valence-corrected chi connectivity index (χ3v) is 3.43. The summed E-state index contributed by atoms with van der Waals surface area (Å²) < 4.78 is 5.95. The van der Waals surface area contributed by atoms with E-state index < -0.39 is 5.97 Å². The second-order valence-electron chi connectivity index (χ2n) is 3.75. The first-order valence-corrected chi connectivity index (χ1v) is 6.36. The number of hydrogen-bond donors (Lipinski definition) is 2. The van der Waals surface area contributed by atoms with Crippen LogP contribution in [-0.4, -0.2) is 35.6 Å². The number of thiazole rings is 1. The molecule has 2 rings (SSSR count). The first-order valence-electron chi connectivity index (χ1n) is 5.54. The summed E-state index contributed by atoms with van der Waals surface area (Å²) in [5, 5.41) is 11.3. The summed E-state index contributed by atoms with van der Waals surface area (Å²) in [6.45, 7) is 0.0907. The summed E-state index contributed by atoms with van der Waals surface area (Å²) in [5.41, 5.74) is 0.717. The molecule has 0 saturated carbocycles. The van der Waals surface area contributed by atoms with Crippen molar-refractivity contribution in [1.29, 1.82) is 0 Å². The van der Waals surface area contributed by atoms with Crippen LogP contribution in [0.25, 0.3) is 10.2 Å². The number of nitrogens with zero attached hydrogens (tertiary/aromatic N) is 1. The van der Waals surface area contributed by atoms with E-state index in [1.807, 2.05) is 0 Å². The van der Waals surface area contributed by atoms with Crippen molar-refractivity contribution >= 4 is 33.4 Å². The monoisotopic (exact) mass is 280 g/mol. The van der Waals surface area contributed by atoms with Gasteiger partial charge in [-0.1, -0.05) is 0 Å². The molecule has 1 amide bonds. The fraction of sp³-hybridized carbons (Fsp3) is 0.250. The SMILES string of the molecule is COc1ccc2nc(C(=O)NCCC(=O)O)sc2c1. The normalized spacial score (nSPS) is 10.4. The first-order chi connectivity index (χ1) is 9.10. The van der Waals surface area contributed by atoms with Crippen molar-refractivity contribution in [2.75, 3.05) is 13.7 Å². The van der Waals surface area contributed by atoms with Crippen LogP contribution in [0.1, 0.15) is 16.2 Å². The molecule has 2 aromatic rings.